The van der Waals surface area contributed by atoms with E-state index in [0.717, 1.165) is 25.9 Å². The van der Waals surface area contributed by atoms with Crippen molar-refractivity contribution in [3.63, 3.8) is 0 Å². The molecule has 2 N–H and O–H groups in total. The van der Waals surface area contributed by atoms with Crippen molar-refractivity contribution in [3.05, 3.63) is 28.3 Å². The SMILES string of the molecule is CCOC(=O)C1CC[NH+](Cc2nc3cc(OC)c(OC)cc3c(=O)[nH]2)CC1. The zero-order chi connectivity index (χ0) is 19.4. The molecule has 2 aromatic rings. The molecule has 0 saturated carbocycles. The van der Waals surface area contributed by atoms with Crippen molar-refractivity contribution in [1.29, 1.82) is 0 Å². The van der Waals surface area contributed by atoms with Crippen molar-refractivity contribution < 1.29 is 23.9 Å². The Morgan fingerprint density at radius 3 is 2.52 bits per heavy atom. The number of nitrogens with zero attached hydrogens (tertiary/aromatic N) is 1. The van der Waals surface area contributed by atoms with Gasteiger partial charge in [0, 0.05) is 18.9 Å². The van der Waals surface area contributed by atoms with Crippen LogP contribution in [0, 0.1) is 5.92 Å². The predicted molar refractivity (Wildman–Crippen MR) is 99.2 cm³/mol. The number of fused-ring (bicyclic) bond motifs is 1. The van der Waals surface area contributed by atoms with Crippen molar-refractivity contribution >= 4 is 16.9 Å². The quantitative estimate of drug-likeness (QED) is 0.704. The second-order valence-corrected chi connectivity index (χ2v) is 6.69. The molecular weight excluding hydrogens is 350 g/mol. The molecule has 8 heteroatoms. The van der Waals surface area contributed by atoms with E-state index in [1.807, 2.05) is 6.92 Å². The number of rotatable bonds is 6. The largest absolute Gasteiger partial charge is 0.493 e. The lowest BCUT2D eigenvalue weighted by molar-refractivity contribution is -0.920. The number of likely N-dealkylation sites (tertiary alicyclic amines) is 1. The monoisotopic (exact) mass is 376 g/mol. The molecule has 1 aromatic heterocycles. The molecule has 0 atom stereocenters. The van der Waals surface area contributed by atoms with Crippen LogP contribution in [0.2, 0.25) is 0 Å². The van der Waals surface area contributed by atoms with E-state index in [0.29, 0.717) is 41.4 Å². The molecule has 0 aliphatic carbocycles. The molecule has 3 rings (SSSR count). The van der Waals surface area contributed by atoms with Gasteiger partial charge in [0.1, 0.15) is 6.54 Å². The van der Waals surface area contributed by atoms with Gasteiger partial charge in [0.05, 0.1) is 50.7 Å². The number of nitrogens with one attached hydrogen (secondary N) is 2. The summed E-state index contributed by atoms with van der Waals surface area (Å²) in [5, 5.41) is 0.465. The maximum absolute atomic E-state index is 12.5. The summed E-state index contributed by atoms with van der Waals surface area (Å²) >= 11 is 0. The van der Waals surface area contributed by atoms with E-state index in [1.165, 1.54) is 12.0 Å². The van der Waals surface area contributed by atoms with Gasteiger partial charge in [-0.15, -0.1) is 0 Å². The Hall–Kier alpha value is -2.61. The van der Waals surface area contributed by atoms with Gasteiger partial charge < -0.3 is 24.1 Å². The summed E-state index contributed by atoms with van der Waals surface area (Å²) < 4.78 is 15.7. The van der Waals surface area contributed by atoms with E-state index >= 15 is 0 Å². The van der Waals surface area contributed by atoms with Gasteiger partial charge >= 0.3 is 5.97 Å². The van der Waals surface area contributed by atoms with Crippen molar-refractivity contribution in [3.8, 4) is 11.5 Å². The van der Waals surface area contributed by atoms with Gasteiger partial charge in [-0.3, -0.25) is 9.59 Å². The molecule has 146 valence electrons. The molecular formula is C19H26N3O5+. The Kier molecular flexibility index (Phi) is 5.95. The lowest BCUT2D eigenvalue weighted by atomic mass is 9.97. The fraction of sp³-hybridized carbons (Fsp3) is 0.526. The zero-order valence-corrected chi connectivity index (χ0v) is 16.0. The van der Waals surface area contributed by atoms with Crippen molar-refractivity contribution in [2.24, 2.45) is 5.92 Å². The van der Waals surface area contributed by atoms with Crippen LogP contribution in [0.1, 0.15) is 25.6 Å². The first-order valence-electron chi connectivity index (χ1n) is 9.20. The van der Waals surface area contributed by atoms with Gasteiger partial charge in [-0.05, 0) is 13.0 Å². The Morgan fingerprint density at radius 2 is 1.89 bits per heavy atom. The summed E-state index contributed by atoms with van der Waals surface area (Å²) in [6.07, 6.45) is 1.58. The molecule has 0 spiro atoms. The standard InChI is InChI=1S/C19H25N3O5/c1-4-27-19(24)12-5-7-22(8-6-12)11-17-20-14-10-16(26-3)15(25-2)9-13(14)18(23)21-17/h9-10,12H,4-8,11H2,1-3H3,(H,20,21,23)/p+1. The molecule has 0 amide bonds. The summed E-state index contributed by atoms with van der Waals surface area (Å²) in [7, 11) is 3.08. The van der Waals surface area contributed by atoms with Crippen LogP contribution in [0.25, 0.3) is 10.9 Å². The topological polar surface area (TPSA) is 94.9 Å². The molecule has 0 unspecified atom stereocenters. The highest BCUT2D eigenvalue weighted by molar-refractivity contribution is 5.81. The minimum atomic E-state index is -0.197. The van der Waals surface area contributed by atoms with E-state index in [2.05, 4.69) is 9.97 Å². The van der Waals surface area contributed by atoms with Crippen molar-refractivity contribution in [2.75, 3.05) is 33.9 Å². The van der Waals surface area contributed by atoms with Gasteiger partial charge in [0.15, 0.2) is 17.3 Å². The van der Waals surface area contributed by atoms with Crippen LogP contribution in [0.5, 0.6) is 11.5 Å². The Labute approximate surface area is 157 Å². The molecule has 8 nitrogen and oxygen atoms in total. The lowest BCUT2D eigenvalue weighted by Gasteiger charge is -2.27. The Balaban J connectivity index is 1.74. The third-order valence-corrected chi connectivity index (χ3v) is 4.99. The molecule has 0 radical (unpaired) electrons. The van der Waals surface area contributed by atoms with Gasteiger partial charge in [-0.25, -0.2) is 4.98 Å². The third-order valence-electron chi connectivity index (χ3n) is 4.99. The van der Waals surface area contributed by atoms with Crippen LogP contribution in [0.15, 0.2) is 16.9 Å². The zero-order valence-electron chi connectivity index (χ0n) is 16.0. The van der Waals surface area contributed by atoms with E-state index < -0.39 is 0 Å². The number of H-pyrrole nitrogens is 1. The second kappa shape index (κ2) is 8.39. The average molecular weight is 376 g/mol. The number of methoxy groups -OCH3 is 2. The van der Waals surface area contributed by atoms with Gasteiger partial charge in [-0.2, -0.15) is 0 Å². The summed E-state index contributed by atoms with van der Waals surface area (Å²) in [6, 6.07) is 3.36. The van der Waals surface area contributed by atoms with Crippen LogP contribution in [0.4, 0.5) is 0 Å². The van der Waals surface area contributed by atoms with Gasteiger partial charge in [0.25, 0.3) is 5.56 Å². The number of piperidine rings is 1. The number of quaternary nitrogens is 1. The highest BCUT2D eigenvalue weighted by Gasteiger charge is 2.28. The maximum Gasteiger partial charge on any atom is 0.309 e. The smallest absolute Gasteiger partial charge is 0.309 e. The number of hydrogen-bond donors (Lipinski definition) is 2. The van der Waals surface area contributed by atoms with Crippen LogP contribution in [0.3, 0.4) is 0 Å². The number of carbonyl (C=O) groups is 1. The summed E-state index contributed by atoms with van der Waals surface area (Å²) in [4.78, 5) is 33.1. The van der Waals surface area contributed by atoms with Crippen LogP contribution >= 0.6 is 0 Å². The third kappa shape index (κ3) is 4.21. The first-order valence-corrected chi connectivity index (χ1v) is 9.20. The molecule has 1 fully saturated rings. The number of aromatic nitrogens is 2. The fourth-order valence-corrected chi connectivity index (χ4v) is 3.53. The number of benzene rings is 1. The van der Waals surface area contributed by atoms with E-state index in [-0.39, 0.29) is 17.4 Å². The van der Waals surface area contributed by atoms with Crippen molar-refractivity contribution in [1.82, 2.24) is 9.97 Å². The molecule has 1 aliphatic rings. The normalized spacial score (nSPS) is 19.7. The minimum Gasteiger partial charge on any atom is -0.493 e. The summed E-state index contributed by atoms with van der Waals surface area (Å²) in [5.41, 5.74) is 0.379. The highest BCUT2D eigenvalue weighted by Crippen LogP contribution is 2.29. The van der Waals surface area contributed by atoms with Crippen molar-refractivity contribution in [2.45, 2.75) is 26.3 Å². The molecule has 1 aliphatic heterocycles. The number of carbonyl (C=O) groups excluding carboxylic acids is 1. The lowest BCUT2D eigenvalue weighted by Crippen LogP contribution is -3.12. The fourth-order valence-electron chi connectivity index (χ4n) is 3.53. The molecule has 0 bridgehead atoms. The first kappa shape index (κ1) is 19.2. The summed E-state index contributed by atoms with van der Waals surface area (Å²) in [5.74, 6) is 1.54. The predicted octanol–water partition coefficient (Wildman–Crippen LogP) is 0.298. The highest BCUT2D eigenvalue weighted by atomic mass is 16.5. The molecule has 1 saturated heterocycles. The number of hydrogen-bond acceptors (Lipinski definition) is 6. The Morgan fingerprint density at radius 1 is 1.22 bits per heavy atom. The van der Waals surface area contributed by atoms with Crippen LogP contribution in [-0.4, -0.2) is 49.9 Å². The van der Waals surface area contributed by atoms with Gasteiger partial charge in [0.2, 0.25) is 0 Å². The molecule has 27 heavy (non-hydrogen) atoms. The summed E-state index contributed by atoms with van der Waals surface area (Å²) in [6.45, 7) is 4.54. The minimum absolute atomic E-state index is 0.0194. The molecule has 1 aromatic carbocycles. The van der Waals surface area contributed by atoms with E-state index in [1.54, 1.807) is 19.2 Å². The molecule has 2 heterocycles. The average Bonchev–Trinajstić information content (AvgIpc) is 2.67. The number of esters is 1. The number of aromatic amines is 1. The second-order valence-electron chi connectivity index (χ2n) is 6.69. The maximum atomic E-state index is 12.5. The van der Waals surface area contributed by atoms with Crippen LogP contribution in [-0.2, 0) is 16.1 Å². The number of ether oxygens (including phenoxy) is 3. The first-order chi connectivity index (χ1) is 13.0. The van der Waals surface area contributed by atoms with Crippen LogP contribution < -0.4 is 19.9 Å². The Bertz CT molecular complexity index is 872. The van der Waals surface area contributed by atoms with Gasteiger partial charge in [-0.1, -0.05) is 0 Å². The van der Waals surface area contributed by atoms with E-state index in [9.17, 15) is 9.59 Å². The van der Waals surface area contributed by atoms with E-state index in [4.69, 9.17) is 14.2 Å².